The molecule has 0 aliphatic heterocycles. The van der Waals surface area contributed by atoms with Crippen LogP contribution in [0.1, 0.15) is 26.6 Å². The Morgan fingerprint density at radius 1 is 1.47 bits per heavy atom. The van der Waals surface area contributed by atoms with Gasteiger partial charge in [0.05, 0.1) is 6.61 Å². The minimum Gasteiger partial charge on any atom is -0.481 e. The first-order chi connectivity index (χ1) is 8.95. The molecule has 0 saturated heterocycles. The van der Waals surface area contributed by atoms with Crippen molar-refractivity contribution in [2.75, 3.05) is 6.61 Å². The van der Waals surface area contributed by atoms with Gasteiger partial charge in [-0.1, -0.05) is 13.8 Å². The molecule has 0 saturated carbocycles. The number of aliphatic carboxylic acids is 1. The Balaban J connectivity index is 2.82. The normalized spacial score (nSPS) is 12.4. The number of carboxylic acids is 1. The molecule has 0 aliphatic rings. The molecule has 1 aromatic heterocycles. The fraction of sp³-hybridized carbons (Fsp3) is 0.667. The van der Waals surface area contributed by atoms with E-state index in [1.165, 1.54) is 6.33 Å². The number of esters is 1. The summed E-state index contributed by atoms with van der Waals surface area (Å²) >= 11 is 0. The monoisotopic (exact) mass is 269 g/mol. The lowest BCUT2D eigenvalue weighted by atomic mass is 10.1. The summed E-state index contributed by atoms with van der Waals surface area (Å²) < 4.78 is 6.38. The van der Waals surface area contributed by atoms with Crippen molar-refractivity contribution in [1.29, 1.82) is 0 Å². The van der Waals surface area contributed by atoms with Gasteiger partial charge in [0.2, 0.25) is 0 Å². The van der Waals surface area contributed by atoms with Crippen LogP contribution in [0.15, 0.2) is 6.33 Å². The third-order valence-electron chi connectivity index (χ3n) is 2.49. The first-order valence-electron chi connectivity index (χ1n) is 6.21. The van der Waals surface area contributed by atoms with Crippen molar-refractivity contribution in [3.05, 3.63) is 12.2 Å². The predicted octanol–water partition coefficient (Wildman–Crippen LogP) is 0.740. The highest BCUT2D eigenvalue weighted by molar-refractivity contribution is 5.94. The Kier molecular flexibility index (Phi) is 5.47. The Hall–Kier alpha value is -1.92. The van der Waals surface area contributed by atoms with Crippen molar-refractivity contribution in [2.45, 2.75) is 33.7 Å². The van der Waals surface area contributed by atoms with Crippen LogP contribution in [0, 0.1) is 11.8 Å². The van der Waals surface area contributed by atoms with Crippen LogP contribution in [0.4, 0.5) is 0 Å². The Morgan fingerprint density at radius 3 is 2.68 bits per heavy atom. The molecular weight excluding hydrogens is 250 g/mol. The van der Waals surface area contributed by atoms with Crippen molar-refractivity contribution >= 4 is 11.9 Å². The SMILES string of the molecule is CCOC(=O)C(Cc1ncnn1CC(C)C)C(=O)O. The van der Waals surface area contributed by atoms with E-state index in [-0.39, 0.29) is 13.0 Å². The number of carbonyl (C=O) groups is 2. The molecule has 0 amide bonds. The van der Waals surface area contributed by atoms with Gasteiger partial charge in [-0.25, -0.2) is 9.67 Å². The van der Waals surface area contributed by atoms with Crippen molar-refractivity contribution in [3.8, 4) is 0 Å². The average molecular weight is 269 g/mol. The van der Waals surface area contributed by atoms with Crippen LogP contribution in [0.3, 0.4) is 0 Å². The number of hydrogen-bond acceptors (Lipinski definition) is 5. The van der Waals surface area contributed by atoms with Crippen LogP contribution in [-0.2, 0) is 27.3 Å². The third kappa shape index (κ3) is 4.35. The Bertz CT molecular complexity index is 442. The second-order valence-electron chi connectivity index (χ2n) is 4.60. The van der Waals surface area contributed by atoms with Crippen molar-refractivity contribution in [2.24, 2.45) is 11.8 Å². The van der Waals surface area contributed by atoms with Gasteiger partial charge >= 0.3 is 11.9 Å². The maximum Gasteiger partial charge on any atom is 0.320 e. The fourth-order valence-corrected chi connectivity index (χ4v) is 1.64. The lowest BCUT2D eigenvalue weighted by molar-refractivity contribution is -0.158. The topological polar surface area (TPSA) is 94.3 Å². The summed E-state index contributed by atoms with van der Waals surface area (Å²) in [6, 6.07) is 0. The van der Waals surface area contributed by atoms with Crippen LogP contribution in [-0.4, -0.2) is 38.4 Å². The molecule has 1 rings (SSSR count). The average Bonchev–Trinajstić information content (AvgIpc) is 2.72. The minimum atomic E-state index is -1.24. The number of carboxylic acid groups (broad SMARTS) is 1. The molecule has 19 heavy (non-hydrogen) atoms. The number of carbonyl (C=O) groups excluding carboxylic acids is 1. The van der Waals surface area contributed by atoms with Crippen LogP contribution < -0.4 is 0 Å². The van der Waals surface area contributed by atoms with E-state index in [0.717, 1.165) is 0 Å². The molecule has 0 fully saturated rings. The molecular formula is C12H19N3O4. The lowest BCUT2D eigenvalue weighted by Gasteiger charge is -2.12. The molecule has 0 bridgehead atoms. The van der Waals surface area contributed by atoms with E-state index in [9.17, 15) is 9.59 Å². The summed E-state index contributed by atoms with van der Waals surface area (Å²) in [6.07, 6.45) is 1.35. The minimum absolute atomic E-state index is 0.0130. The fourth-order valence-electron chi connectivity index (χ4n) is 1.64. The second kappa shape index (κ2) is 6.86. The third-order valence-corrected chi connectivity index (χ3v) is 2.49. The lowest BCUT2D eigenvalue weighted by Crippen LogP contribution is -2.29. The number of aromatic nitrogens is 3. The van der Waals surface area contributed by atoms with E-state index in [1.54, 1.807) is 11.6 Å². The Labute approximate surface area is 111 Å². The number of nitrogens with zero attached hydrogens (tertiary/aromatic N) is 3. The second-order valence-corrected chi connectivity index (χ2v) is 4.60. The first kappa shape index (κ1) is 15.1. The maximum absolute atomic E-state index is 11.6. The molecule has 106 valence electrons. The number of rotatable bonds is 7. The van der Waals surface area contributed by atoms with Gasteiger partial charge in [0.1, 0.15) is 12.2 Å². The van der Waals surface area contributed by atoms with Gasteiger partial charge in [-0.15, -0.1) is 0 Å². The first-order valence-corrected chi connectivity index (χ1v) is 6.21. The standard InChI is InChI=1S/C12H19N3O4/c1-4-19-12(18)9(11(16)17)5-10-13-7-14-15(10)6-8(2)3/h7-9H,4-6H2,1-3H3,(H,16,17). The smallest absolute Gasteiger partial charge is 0.320 e. The zero-order valence-corrected chi connectivity index (χ0v) is 11.4. The van der Waals surface area contributed by atoms with Crippen LogP contribution >= 0.6 is 0 Å². The predicted molar refractivity (Wildman–Crippen MR) is 66.3 cm³/mol. The molecule has 7 heteroatoms. The number of ether oxygens (including phenoxy) is 1. The highest BCUT2D eigenvalue weighted by Gasteiger charge is 2.29. The molecule has 7 nitrogen and oxygen atoms in total. The highest BCUT2D eigenvalue weighted by atomic mass is 16.5. The zero-order valence-electron chi connectivity index (χ0n) is 11.4. The van der Waals surface area contributed by atoms with E-state index in [0.29, 0.717) is 18.3 Å². The molecule has 0 spiro atoms. The van der Waals surface area contributed by atoms with E-state index in [1.807, 2.05) is 13.8 Å². The Morgan fingerprint density at radius 2 is 2.16 bits per heavy atom. The summed E-state index contributed by atoms with van der Waals surface area (Å²) in [6.45, 7) is 6.46. The molecule has 0 aliphatic carbocycles. The van der Waals surface area contributed by atoms with Crippen molar-refractivity contribution in [1.82, 2.24) is 14.8 Å². The van der Waals surface area contributed by atoms with Gasteiger partial charge in [0.25, 0.3) is 0 Å². The summed E-state index contributed by atoms with van der Waals surface area (Å²) in [5.74, 6) is -2.36. The molecule has 1 N–H and O–H groups in total. The largest absolute Gasteiger partial charge is 0.481 e. The molecule has 0 radical (unpaired) electrons. The quantitative estimate of drug-likeness (QED) is 0.579. The van der Waals surface area contributed by atoms with E-state index < -0.39 is 17.9 Å². The van der Waals surface area contributed by atoms with Crippen LogP contribution in [0.5, 0.6) is 0 Å². The van der Waals surface area contributed by atoms with Gasteiger partial charge in [-0.05, 0) is 12.8 Å². The van der Waals surface area contributed by atoms with E-state index >= 15 is 0 Å². The summed E-state index contributed by atoms with van der Waals surface area (Å²) in [5.41, 5.74) is 0. The van der Waals surface area contributed by atoms with Gasteiger partial charge < -0.3 is 9.84 Å². The van der Waals surface area contributed by atoms with E-state index in [4.69, 9.17) is 9.84 Å². The van der Waals surface area contributed by atoms with Crippen molar-refractivity contribution < 1.29 is 19.4 Å². The maximum atomic E-state index is 11.6. The molecule has 0 aromatic carbocycles. The molecule has 1 aromatic rings. The van der Waals surface area contributed by atoms with Crippen LogP contribution in [0.25, 0.3) is 0 Å². The molecule has 1 unspecified atom stereocenters. The van der Waals surface area contributed by atoms with Crippen molar-refractivity contribution in [3.63, 3.8) is 0 Å². The van der Waals surface area contributed by atoms with Gasteiger partial charge in [-0.2, -0.15) is 5.10 Å². The summed E-state index contributed by atoms with van der Waals surface area (Å²) in [7, 11) is 0. The summed E-state index contributed by atoms with van der Waals surface area (Å²) in [4.78, 5) is 26.7. The molecule has 1 atom stereocenters. The van der Waals surface area contributed by atoms with Crippen LogP contribution in [0.2, 0.25) is 0 Å². The zero-order chi connectivity index (χ0) is 14.4. The number of hydrogen-bond donors (Lipinski definition) is 1. The molecule has 1 heterocycles. The van der Waals surface area contributed by atoms with Gasteiger partial charge in [0, 0.05) is 13.0 Å². The van der Waals surface area contributed by atoms with E-state index in [2.05, 4.69) is 10.1 Å². The van der Waals surface area contributed by atoms with Gasteiger partial charge in [-0.3, -0.25) is 9.59 Å². The summed E-state index contributed by atoms with van der Waals surface area (Å²) in [5, 5.41) is 13.1. The van der Waals surface area contributed by atoms with Gasteiger partial charge in [0.15, 0.2) is 5.92 Å². The highest BCUT2D eigenvalue weighted by Crippen LogP contribution is 2.10.